The van der Waals surface area contributed by atoms with E-state index in [0.717, 1.165) is 31.8 Å². The first-order valence-corrected chi connectivity index (χ1v) is 5.54. The molecule has 1 heterocycles. The standard InChI is InChI=1S/C12H16FNO2/c13-11-3-1-4-12(10(11)9-15)14-5-2-7-16-8-6-14/h1,3-4,15H,2,5-9H2. The molecule has 0 saturated carbocycles. The summed E-state index contributed by atoms with van der Waals surface area (Å²) in [5.41, 5.74) is 1.16. The number of nitrogens with zero attached hydrogens (tertiary/aromatic N) is 1. The summed E-state index contributed by atoms with van der Waals surface area (Å²) in [5.74, 6) is -0.342. The maximum atomic E-state index is 13.5. The molecule has 0 atom stereocenters. The molecule has 88 valence electrons. The third-order valence-corrected chi connectivity index (χ3v) is 2.82. The number of rotatable bonds is 2. The summed E-state index contributed by atoms with van der Waals surface area (Å²) in [7, 11) is 0. The predicted octanol–water partition coefficient (Wildman–Crippen LogP) is 1.54. The Bertz CT molecular complexity index is 349. The van der Waals surface area contributed by atoms with E-state index in [1.54, 1.807) is 6.07 Å². The summed E-state index contributed by atoms with van der Waals surface area (Å²) in [6, 6.07) is 4.90. The highest BCUT2D eigenvalue weighted by Gasteiger charge is 2.15. The normalized spacial score (nSPS) is 17.2. The quantitative estimate of drug-likeness (QED) is 0.828. The minimum absolute atomic E-state index is 0.265. The van der Waals surface area contributed by atoms with Gasteiger partial charge in [-0.05, 0) is 18.6 Å². The molecule has 1 aromatic rings. The molecular weight excluding hydrogens is 209 g/mol. The van der Waals surface area contributed by atoms with E-state index in [-0.39, 0.29) is 12.4 Å². The number of aliphatic hydroxyl groups is 1. The second kappa shape index (κ2) is 5.27. The average molecular weight is 225 g/mol. The molecule has 0 bridgehead atoms. The van der Waals surface area contributed by atoms with Gasteiger partial charge >= 0.3 is 0 Å². The van der Waals surface area contributed by atoms with Crippen molar-refractivity contribution in [3.63, 3.8) is 0 Å². The van der Waals surface area contributed by atoms with Crippen molar-refractivity contribution in [1.29, 1.82) is 0 Å². The van der Waals surface area contributed by atoms with Crippen LogP contribution in [-0.4, -0.2) is 31.4 Å². The molecule has 1 N–H and O–H groups in total. The second-order valence-electron chi connectivity index (χ2n) is 3.85. The number of aliphatic hydroxyl groups excluding tert-OH is 1. The third-order valence-electron chi connectivity index (χ3n) is 2.82. The van der Waals surface area contributed by atoms with E-state index in [9.17, 15) is 9.50 Å². The lowest BCUT2D eigenvalue weighted by atomic mass is 10.1. The molecule has 1 aliphatic heterocycles. The second-order valence-corrected chi connectivity index (χ2v) is 3.85. The number of benzene rings is 1. The van der Waals surface area contributed by atoms with Gasteiger partial charge < -0.3 is 14.7 Å². The van der Waals surface area contributed by atoms with Crippen LogP contribution in [0.25, 0.3) is 0 Å². The zero-order chi connectivity index (χ0) is 11.4. The first-order valence-electron chi connectivity index (χ1n) is 5.54. The van der Waals surface area contributed by atoms with Crippen molar-refractivity contribution in [2.75, 3.05) is 31.2 Å². The first-order chi connectivity index (χ1) is 7.83. The van der Waals surface area contributed by atoms with Crippen LogP contribution in [0.5, 0.6) is 0 Å². The van der Waals surface area contributed by atoms with Crippen LogP contribution >= 0.6 is 0 Å². The highest BCUT2D eigenvalue weighted by molar-refractivity contribution is 5.54. The van der Waals surface area contributed by atoms with Crippen molar-refractivity contribution in [1.82, 2.24) is 0 Å². The molecule has 1 fully saturated rings. The van der Waals surface area contributed by atoms with Gasteiger partial charge in [-0.25, -0.2) is 4.39 Å². The lowest BCUT2D eigenvalue weighted by molar-refractivity contribution is 0.152. The molecule has 1 saturated heterocycles. The van der Waals surface area contributed by atoms with Crippen molar-refractivity contribution < 1.29 is 14.2 Å². The Morgan fingerprint density at radius 3 is 3.00 bits per heavy atom. The molecule has 0 unspecified atom stereocenters. The van der Waals surface area contributed by atoms with Crippen LogP contribution in [0.3, 0.4) is 0 Å². The maximum Gasteiger partial charge on any atom is 0.130 e. The number of anilines is 1. The van der Waals surface area contributed by atoms with Gasteiger partial charge in [0.2, 0.25) is 0 Å². The minimum atomic E-state index is -0.342. The van der Waals surface area contributed by atoms with Crippen LogP contribution in [0, 0.1) is 5.82 Å². The van der Waals surface area contributed by atoms with Gasteiger partial charge in [-0.3, -0.25) is 0 Å². The molecular formula is C12H16FNO2. The predicted molar refractivity (Wildman–Crippen MR) is 60.0 cm³/mol. The van der Waals surface area contributed by atoms with E-state index >= 15 is 0 Å². The van der Waals surface area contributed by atoms with Gasteiger partial charge in [0.05, 0.1) is 13.2 Å². The molecule has 0 amide bonds. The highest BCUT2D eigenvalue weighted by Crippen LogP contribution is 2.24. The SMILES string of the molecule is OCc1c(F)cccc1N1CCCOCC1. The molecule has 0 radical (unpaired) electrons. The van der Waals surface area contributed by atoms with Gasteiger partial charge in [0.1, 0.15) is 5.82 Å². The highest BCUT2D eigenvalue weighted by atomic mass is 19.1. The van der Waals surface area contributed by atoms with E-state index in [1.165, 1.54) is 6.07 Å². The molecule has 16 heavy (non-hydrogen) atoms. The van der Waals surface area contributed by atoms with Gasteiger partial charge in [0.15, 0.2) is 0 Å². The fourth-order valence-electron chi connectivity index (χ4n) is 1.99. The largest absolute Gasteiger partial charge is 0.391 e. The third kappa shape index (κ3) is 2.33. The van der Waals surface area contributed by atoms with Gasteiger partial charge in [0.25, 0.3) is 0 Å². The molecule has 3 nitrogen and oxygen atoms in total. The lowest BCUT2D eigenvalue weighted by Crippen LogP contribution is -2.27. The topological polar surface area (TPSA) is 32.7 Å². The molecule has 4 heteroatoms. The number of hydrogen-bond acceptors (Lipinski definition) is 3. The van der Waals surface area contributed by atoms with Crippen LogP contribution in [0.1, 0.15) is 12.0 Å². The van der Waals surface area contributed by atoms with Gasteiger partial charge in [-0.2, -0.15) is 0 Å². The maximum absolute atomic E-state index is 13.5. The number of halogens is 1. The lowest BCUT2D eigenvalue weighted by Gasteiger charge is -2.24. The van der Waals surface area contributed by atoms with Crippen molar-refractivity contribution in [2.45, 2.75) is 13.0 Å². The van der Waals surface area contributed by atoms with Gasteiger partial charge in [-0.15, -0.1) is 0 Å². The minimum Gasteiger partial charge on any atom is -0.391 e. The molecule has 1 aromatic carbocycles. The summed E-state index contributed by atoms with van der Waals surface area (Å²) in [4.78, 5) is 2.07. The van der Waals surface area contributed by atoms with Crippen molar-refractivity contribution in [2.24, 2.45) is 0 Å². The van der Waals surface area contributed by atoms with Crippen molar-refractivity contribution >= 4 is 5.69 Å². The Morgan fingerprint density at radius 1 is 1.31 bits per heavy atom. The van der Waals surface area contributed by atoms with Crippen LogP contribution in [0.2, 0.25) is 0 Å². The van der Waals surface area contributed by atoms with E-state index in [2.05, 4.69) is 4.90 Å². The fourth-order valence-corrected chi connectivity index (χ4v) is 1.99. The average Bonchev–Trinajstić information content (AvgIpc) is 2.57. The molecule has 1 aliphatic rings. The molecule has 2 rings (SSSR count). The number of hydrogen-bond donors (Lipinski definition) is 1. The Balaban J connectivity index is 2.27. The summed E-state index contributed by atoms with van der Waals surface area (Å²) < 4.78 is 18.8. The monoisotopic (exact) mass is 225 g/mol. The summed E-state index contributed by atoms with van der Waals surface area (Å²) in [6.45, 7) is 2.73. The molecule has 0 aliphatic carbocycles. The zero-order valence-corrected chi connectivity index (χ0v) is 9.16. The molecule has 0 aromatic heterocycles. The summed E-state index contributed by atoms with van der Waals surface area (Å²) in [6.07, 6.45) is 0.932. The smallest absolute Gasteiger partial charge is 0.130 e. The molecule has 0 spiro atoms. The van der Waals surface area contributed by atoms with Crippen molar-refractivity contribution in [3.05, 3.63) is 29.6 Å². The zero-order valence-electron chi connectivity index (χ0n) is 9.16. The van der Waals surface area contributed by atoms with E-state index in [1.807, 2.05) is 6.07 Å². The van der Waals surface area contributed by atoms with Gasteiger partial charge in [0, 0.05) is 30.9 Å². The van der Waals surface area contributed by atoms with E-state index < -0.39 is 0 Å². The van der Waals surface area contributed by atoms with E-state index in [4.69, 9.17) is 4.74 Å². The first kappa shape index (κ1) is 11.4. The fraction of sp³-hybridized carbons (Fsp3) is 0.500. The van der Waals surface area contributed by atoms with Crippen LogP contribution in [-0.2, 0) is 11.3 Å². The Hall–Kier alpha value is -1.13. The van der Waals surface area contributed by atoms with Gasteiger partial charge in [-0.1, -0.05) is 6.07 Å². The van der Waals surface area contributed by atoms with Crippen LogP contribution in [0.4, 0.5) is 10.1 Å². The Labute approximate surface area is 94.4 Å². The Morgan fingerprint density at radius 2 is 2.19 bits per heavy atom. The Kier molecular flexibility index (Phi) is 3.74. The van der Waals surface area contributed by atoms with Crippen LogP contribution < -0.4 is 4.90 Å². The number of ether oxygens (including phenoxy) is 1. The van der Waals surface area contributed by atoms with Crippen LogP contribution in [0.15, 0.2) is 18.2 Å². The summed E-state index contributed by atoms with van der Waals surface area (Å²) >= 11 is 0. The van der Waals surface area contributed by atoms with E-state index in [0.29, 0.717) is 12.2 Å². The van der Waals surface area contributed by atoms with Crippen molar-refractivity contribution in [3.8, 4) is 0 Å². The summed E-state index contributed by atoms with van der Waals surface area (Å²) in [5, 5.41) is 9.20.